The summed E-state index contributed by atoms with van der Waals surface area (Å²) >= 11 is 0. The van der Waals surface area contributed by atoms with Crippen LogP contribution in [0.25, 0.3) is 0 Å². The van der Waals surface area contributed by atoms with Crippen molar-refractivity contribution in [2.75, 3.05) is 6.79 Å². The molecule has 120 valence electrons. The van der Waals surface area contributed by atoms with Crippen molar-refractivity contribution in [3.63, 3.8) is 0 Å². The Morgan fingerprint density at radius 1 is 1.32 bits per heavy atom. The number of ether oxygens (including phenoxy) is 3. The largest absolute Gasteiger partial charge is 0.460 e. The van der Waals surface area contributed by atoms with E-state index in [2.05, 4.69) is 6.58 Å². The zero-order valence-electron chi connectivity index (χ0n) is 13.3. The number of nitrogens with zero attached hydrogens (tertiary/aromatic N) is 1. The smallest absolute Gasteiger partial charge is 0.270 e. The molecular formula is C16H21NO5. The molecule has 0 unspecified atom stereocenters. The van der Waals surface area contributed by atoms with Gasteiger partial charge in [0.1, 0.15) is 5.75 Å². The van der Waals surface area contributed by atoms with Crippen molar-refractivity contribution in [1.29, 1.82) is 0 Å². The third-order valence-corrected chi connectivity index (χ3v) is 3.62. The van der Waals surface area contributed by atoms with E-state index in [1.807, 2.05) is 13.8 Å². The van der Waals surface area contributed by atoms with E-state index in [0.717, 1.165) is 5.57 Å². The molecule has 0 aromatic heterocycles. The lowest BCUT2D eigenvalue weighted by Gasteiger charge is -2.34. The molecule has 0 amide bonds. The predicted molar refractivity (Wildman–Crippen MR) is 81.8 cm³/mol. The Morgan fingerprint density at radius 2 is 1.91 bits per heavy atom. The second-order valence-corrected chi connectivity index (χ2v) is 5.81. The van der Waals surface area contributed by atoms with Crippen LogP contribution >= 0.6 is 0 Å². The number of hydrogen-bond acceptors (Lipinski definition) is 5. The Hall–Kier alpha value is -1.92. The third-order valence-electron chi connectivity index (χ3n) is 3.62. The van der Waals surface area contributed by atoms with E-state index in [1.54, 1.807) is 13.8 Å². The fourth-order valence-electron chi connectivity index (χ4n) is 2.58. The fraction of sp³-hybridized carbons (Fsp3) is 0.500. The average molecular weight is 307 g/mol. The highest BCUT2D eigenvalue weighted by molar-refractivity contribution is 5.49. The number of hydrogen-bond donors (Lipinski definition) is 0. The van der Waals surface area contributed by atoms with E-state index < -0.39 is 11.2 Å². The van der Waals surface area contributed by atoms with Gasteiger partial charge in [-0.1, -0.05) is 20.4 Å². The fourth-order valence-corrected chi connectivity index (χ4v) is 2.58. The van der Waals surface area contributed by atoms with E-state index in [4.69, 9.17) is 14.2 Å². The van der Waals surface area contributed by atoms with Gasteiger partial charge in [0.2, 0.25) is 6.29 Å². The Kier molecular flexibility index (Phi) is 4.83. The molecule has 1 fully saturated rings. The monoisotopic (exact) mass is 307 g/mol. The van der Waals surface area contributed by atoms with Gasteiger partial charge in [0.15, 0.2) is 6.79 Å². The van der Waals surface area contributed by atoms with Crippen molar-refractivity contribution in [3.05, 3.63) is 45.5 Å². The molecule has 0 N–H and O–H groups in total. The minimum atomic E-state index is -0.611. The maximum Gasteiger partial charge on any atom is 0.270 e. The Bertz CT molecular complexity index is 573. The van der Waals surface area contributed by atoms with Crippen molar-refractivity contribution in [2.45, 2.75) is 40.1 Å². The van der Waals surface area contributed by atoms with Crippen molar-refractivity contribution in [1.82, 2.24) is 0 Å². The molecule has 0 aliphatic carbocycles. The van der Waals surface area contributed by atoms with Gasteiger partial charge < -0.3 is 14.2 Å². The van der Waals surface area contributed by atoms with Crippen LogP contribution in [0.2, 0.25) is 0 Å². The Balaban J connectivity index is 2.23. The molecule has 0 spiro atoms. The lowest BCUT2D eigenvalue weighted by molar-refractivity contribution is -0.385. The molecule has 1 aromatic carbocycles. The molecule has 1 heterocycles. The first-order valence-electron chi connectivity index (χ1n) is 7.15. The maximum absolute atomic E-state index is 10.9. The van der Waals surface area contributed by atoms with Gasteiger partial charge in [-0.2, -0.15) is 0 Å². The van der Waals surface area contributed by atoms with Crippen LogP contribution in [0.5, 0.6) is 5.75 Å². The van der Waals surface area contributed by atoms with Gasteiger partial charge in [0.05, 0.1) is 11.0 Å². The number of aryl methyl sites for hydroxylation is 2. The summed E-state index contributed by atoms with van der Waals surface area (Å²) in [6, 6.07) is 2.98. The SMILES string of the molecule is C=C1[C@@H](Oc2c(C)cc([N+](=O)[O-])cc2C)OCO[C@@H]1C(C)C. The molecule has 2 atom stereocenters. The van der Waals surface area contributed by atoms with E-state index >= 15 is 0 Å². The third kappa shape index (κ3) is 3.28. The van der Waals surface area contributed by atoms with Gasteiger partial charge in [0.25, 0.3) is 5.69 Å². The predicted octanol–water partition coefficient (Wildman–Crippen LogP) is 3.50. The second kappa shape index (κ2) is 6.46. The summed E-state index contributed by atoms with van der Waals surface area (Å²) in [4.78, 5) is 10.5. The van der Waals surface area contributed by atoms with Gasteiger partial charge in [-0.3, -0.25) is 10.1 Å². The number of nitro groups is 1. The van der Waals surface area contributed by atoms with Crippen molar-refractivity contribution >= 4 is 5.69 Å². The van der Waals surface area contributed by atoms with Crippen molar-refractivity contribution in [2.24, 2.45) is 5.92 Å². The van der Waals surface area contributed by atoms with Crippen LogP contribution in [0.3, 0.4) is 0 Å². The Labute approximate surface area is 129 Å². The lowest BCUT2D eigenvalue weighted by Crippen LogP contribution is -2.40. The average Bonchev–Trinajstić information content (AvgIpc) is 2.43. The van der Waals surface area contributed by atoms with Gasteiger partial charge in [0, 0.05) is 17.7 Å². The molecule has 0 radical (unpaired) electrons. The van der Waals surface area contributed by atoms with Crippen LogP contribution in [0.15, 0.2) is 24.3 Å². The standard InChI is InChI=1S/C16H21NO5/c1-9(2)14-12(5)16(21-8-20-14)22-15-10(3)6-13(17(18)19)7-11(15)4/h6-7,9,14,16H,5,8H2,1-4H3/t14-,16-/m1/s1. The highest BCUT2D eigenvalue weighted by atomic mass is 16.8. The van der Waals surface area contributed by atoms with E-state index in [9.17, 15) is 10.1 Å². The molecule has 1 aliphatic heterocycles. The Morgan fingerprint density at radius 3 is 2.41 bits per heavy atom. The zero-order chi connectivity index (χ0) is 16.4. The summed E-state index contributed by atoms with van der Waals surface area (Å²) in [7, 11) is 0. The van der Waals surface area contributed by atoms with Crippen LogP contribution in [-0.4, -0.2) is 24.1 Å². The van der Waals surface area contributed by atoms with Crippen molar-refractivity contribution in [3.8, 4) is 5.75 Å². The van der Waals surface area contributed by atoms with E-state index in [-0.39, 0.29) is 24.5 Å². The summed E-state index contributed by atoms with van der Waals surface area (Å²) in [5.74, 6) is 0.850. The first kappa shape index (κ1) is 16.5. The lowest BCUT2D eigenvalue weighted by atomic mass is 9.99. The summed E-state index contributed by atoms with van der Waals surface area (Å²) in [5, 5.41) is 10.9. The van der Waals surface area contributed by atoms with Gasteiger partial charge >= 0.3 is 0 Å². The van der Waals surface area contributed by atoms with Gasteiger partial charge in [-0.25, -0.2) is 0 Å². The highest BCUT2D eigenvalue weighted by Gasteiger charge is 2.32. The molecule has 6 nitrogen and oxygen atoms in total. The summed E-state index contributed by atoms with van der Waals surface area (Å²) in [5.41, 5.74) is 2.15. The number of rotatable bonds is 4. The van der Waals surface area contributed by atoms with Crippen LogP contribution in [-0.2, 0) is 9.47 Å². The minimum Gasteiger partial charge on any atom is -0.460 e. The normalized spacial score (nSPS) is 22.0. The van der Waals surface area contributed by atoms with Gasteiger partial charge in [-0.05, 0) is 30.9 Å². The molecule has 6 heteroatoms. The van der Waals surface area contributed by atoms with Crippen LogP contribution in [0.1, 0.15) is 25.0 Å². The van der Waals surface area contributed by atoms with E-state index in [1.165, 1.54) is 12.1 Å². The van der Waals surface area contributed by atoms with Crippen molar-refractivity contribution < 1.29 is 19.1 Å². The molecule has 2 rings (SSSR count). The first-order valence-corrected chi connectivity index (χ1v) is 7.15. The number of nitro benzene ring substituents is 1. The number of benzene rings is 1. The maximum atomic E-state index is 10.9. The highest BCUT2D eigenvalue weighted by Crippen LogP contribution is 2.32. The molecule has 22 heavy (non-hydrogen) atoms. The second-order valence-electron chi connectivity index (χ2n) is 5.81. The van der Waals surface area contributed by atoms with Crippen LogP contribution in [0, 0.1) is 29.9 Å². The number of non-ortho nitro benzene ring substituents is 1. The quantitative estimate of drug-likeness (QED) is 0.483. The topological polar surface area (TPSA) is 70.8 Å². The molecule has 1 aliphatic rings. The molecule has 0 saturated carbocycles. The van der Waals surface area contributed by atoms with Crippen LogP contribution in [0.4, 0.5) is 5.69 Å². The molecule has 1 saturated heterocycles. The summed E-state index contributed by atoms with van der Waals surface area (Å²) in [6.07, 6.45) is -0.739. The first-order chi connectivity index (χ1) is 10.3. The molecule has 1 aromatic rings. The summed E-state index contributed by atoms with van der Waals surface area (Å²) in [6.45, 7) is 11.8. The summed E-state index contributed by atoms with van der Waals surface area (Å²) < 4.78 is 16.9. The molecule has 0 bridgehead atoms. The zero-order valence-corrected chi connectivity index (χ0v) is 13.3. The molecular weight excluding hydrogens is 286 g/mol. The van der Waals surface area contributed by atoms with E-state index in [0.29, 0.717) is 16.9 Å². The minimum absolute atomic E-state index is 0.0501. The van der Waals surface area contributed by atoms with Gasteiger partial charge in [-0.15, -0.1) is 0 Å². The van der Waals surface area contributed by atoms with Crippen LogP contribution < -0.4 is 4.74 Å².